The molecule has 29 heavy (non-hydrogen) atoms. The van der Waals surface area contributed by atoms with Crippen LogP contribution >= 0.6 is 35.0 Å². The minimum absolute atomic E-state index is 0.165. The Morgan fingerprint density at radius 3 is 2.69 bits per heavy atom. The van der Waals surface area contributed by atoms with Crippen molar-refractivity contribution >= 4 is 46.6 Å². The van der Waals surface area contributed by atoms with E-state index in [4.69, 9.17) is 23.2 Å². The number of benzene rings is 2. The van der Waals surface area contributed by atoms with Crippen molar-refractivity contribution in [3.63, 3.8) is 0 Å². The monoisotopic (exact) mass is 446 g/mol. The zero-order valence-corrected chi connectivity index (χ0v) is 18.1. The SMILES string of the molecule is CC(Sc1nnc(C2CC2)n1Cc1ccccc1)C(=O)Nc1cc(Cl)ccc1Cl. The predicted molar refractivity (Wildman–Crippen MR) is 118 cm³/mol. The van der Waals surface area contributed by atoms with Crippen molar-refractivity contribution in [1.29, 1.82) is 0 Å². The van der Waals surface area contributed by atoms with E-state index in [2.05, 4.69) is 32.2 Å². The summed E-state index contributed by atoms with van der Waals surface area (Å²) >= 11 is 13.6. The van der Waals surface area contributed by atoms with Crippen LogP contribution in [0.25, 0.3) is 0 Å². The molecule has 8 heteroatoms. The Morgan fingerprint density at radius 2 is 1.97 bits per heavy atom. The first-order valence-corrected chi connectivity index (χ1v) is 11.0. The maximum atomic E-state index is 12.7. The van der Waals surface area contributed by atoms with E-state index in [1.807, 2.05) is 25.1 Å². The van der Waals surface area contributed by atoms with E-state index in [9.17, 15) is 4.79 Å². The lowest BCUT2D eigenvalue weighted by atomic mass is 10.2. The summed E-state index contributed by atoms with van der Waals surface area (Å²) in [6, 6.07) is 15.2. The van der Waals surface area contributed by atoms with Crippen LogP contribution < -0.4 is 5.32 Å². The Balaban J connectivity index is 1.51. The predicted octanol–water partition coefficient (Wildman–Crippen LogP) is 5.63. The quantitative estimate of drug-likeness (QED) is 0.477. The third kappa shape index (κ3) is 4.94. The summed E-state index contributed by atoms with van der Waals surface area (Å²) in [7, 11) is 0. The zero-order valence-electron chi connectivity index (χ0n) is 15.8. The number of nitrogens with zero attached hydrogens (tertiary/aromatic N) is 3. The van der Waals surface area contributed by atoms with E-state index in [0.29, 0.717) is 28.2 Å². The van der Waals surface area contributed by atoms with Gasteiger partial charge in [-0.25, -0.2) is 0 Å². The van der Waals surface area contributed by atoms with Gasteiger partial charge in [-0.3, -0.25) is 4.79 Å². The maximum absolute atomic E-state index is 12.7. The van der Waals surface area contributed by atoms with Gasteiger partial charge in [0.25, 0.3) is 0 Å². The van der Waals surface area contributed by atoms with E-state index >= 15 is 0 Å². The van der Waals surface area contributed by atoms with Gasteiger partial charge in [0, 0.05) is 10.9 Å². The fourth-order valence-corrected chi connectivity index (χ4v) is 4.18. The molecule has 1 saturated carbocycles. The highest BCUT2D eigenvalue weighted by Crippen LogP contribution is 2.40. The molecule has 1 aliphatic carbocycles. The average Bonchev–Trinajstić information content (AvgIpc) is 3.48. The highest BCUT2D eigenvalue weighted by Gasteiger charge is 2.31. The summed E-state index contributed by atoms with van der Waals surface area (Å²) < 4.78 is 2.13. The molecule has 1 atom stereocenters. The van der Waals surface area contributed by atoms with Crippen LogP contribution in [-0.4, -0.2) is 25.9 Å². The molecule has 3 aromatic rings. The molecule has 0 bridgehead atoms. The lowest BCUT2D eigenvalue weighted by molar-refractivity contribution is -0.115. The largest absolute Gasteiger partial charge is 0.324 e. The second kappa shape index (κ2) is 8.78. The van der Waals surface area contributed by atoms with Crippen molar-refractivity contribution in [3.8, 4) is 0 Å². The van der Waals surface area contributed by atoms with Crippen molar-refractivity contribution in [3.05, 3.63) is 70.0 Å². The third-order valence-corrected chi connectivity index (χ3v) is 6.35. The minimum Gasteiger partial charge on any atom is -0.324 e. The normalized spacial score (nSPS) is 14.6. The first-order valence-electron chi connectivity index (χ1n) is 9.41. The molecule has 1 N–H and O–H groups in total. The Kier molecular flexibility index (Phi) is 6.13. The second-order valence-electron chi connectivity index (χ2n) is 7.06. The number of anilines is 1. The van der Waals surface area contributed by atoms with Gasteiger partial charge in [0.1, 0.15) is 5.82 Å². The molecule has 2 aromatic carbocycles. The fraction of sp³-hybridized carbons (Fsp3) is 0.286. The molecule has 1 aliphatic rings. The Bertz CT molecular complexity index is 1020. The maximum Gasteiger partial charge on any atom is 0.237 e. The number of hydrogen-bond acceptors (Lipinski definition) is 4. The molecule has 150 valence electrons. The van der Waals surface area contributed by atoms with Gasteiger partial charge in [-0.05, 0) is 43.5 Å². The number of carbonyl (C=O) groups is 1. The van der Waals surface area contributed by atoms with Crippen LogP contribution in [0, 0.1) is 0 Å². The first kappa shape index (κ1) is 20.3. The van der Waals surface area contributed by atoms with Crippen molar-refractivity contribution in [2.24, 2.45) is 0 Å². The van der Waals surface area contributed by atoms with Gasteiger partial charge in [-0.15, -0.1) is 10.2 Å². The van der Waals surface area contributed by atoms with Crippen molar-refractivity contribution in [2.45, 2.75) is 42.6 Å². The van der Waals surface area contributed by atoms with Crippen LogP contribution in [0.15, 0.2) is 53.7 Å². The van der Waals surface area contributed by atoms with E-state index < -0.39 is 0 Å². The van der Waals surface area contributed by atoms with Crippen molar-refractivity contribution < 1.29 is 4.79 Å². The van der Waals surface area contributed by atoms with Crippen LogP contribution in [0.2, 0.25) is 10.0 Å². The van der Waals surface area contributed by atoms with E-state index in [-0.39, 0.29) is 11.2 Å². The summed E-state index contributed by atoms with van der Waals surface area (Å²) in [4.78, 5) is 12.7. The molecule has 1 unspecified atom stereocenters. The molecule has 5 nitrogen and oxygen atoms in total. The van der Waals surface area contributed by atoms with Crippen LogP contribution in [0.1, 0.15) is 37.1 Å². The number of amides is 1. The summed E-state index contributed by atoms with van der Waals surface area (Å²) in [5.41, 5.74) is 1.68. The average molecular weight is 447 g/mol. The number of nitrogens with one attached hydrogen (secondary N) is 1. The lowest BCUT2D eigenvalue weighted by Gasteiger charge is -2.14. The van der Waals surface area contributed by atoms with Crippen LogP contribution in [0.3, 0.4) is 0 Å². The van der Waals surface area contributed by atoms with Gasteiger partial charge in [0.2, 0.25) is 5.91 Å². The summed E-state index contributed by atoms with van der Waals surface area (Å²) in [5, 5.41) is 13.0. The molecule has 1 aromatic heterocycles. The Labute approximate surface area is 183 Å². The molecular formula is C21H20Cl2N4OS. The highest BCUT2D eigenvalue weighted by molar-refractivity contribution is 8.00. The lowest BCUT2D eigenvalue weighted by Crippen LogP contribution is -2.23. The van der Waals surface area contributed by atoms with Crippen LogP contribution in [-0.2, 0) is 11.3 Å². The number of thioether (sulfide) groups is 1. The van der Waals surface area contributed by atoms with Gasteiger partial charge >= 0.3 is 0 Å². The molecule has 1 heterocycles. The summed E-state index contributed by atoms with van der Waals surface area (Å²) in [6.45, 7) is 2.53. The molecule has 0 radical (unpaired) electrons. The molecule has 4 rings (SSSR count). The molecule has 1 fully saturated rings. The fourth-order valence-electron chi connectivity index (χ4n) is 2.98. The molecule has 0 saturated heterocycles. The third-order valence-electron chi connectivity index (χ3n) is 4.71. The minimum atomic E-state index is -0.379. The van der Waals surface area contributed by atoms with E-state index in [1.54, 1.807) is 18.2 Å². The zero-order chi connectivity index (χ0) is 20.4. The molecule has 0 aliphatic heterocycles. The summed E-state index contributed by atoms with van der Waals surface area (Å²) in [5.74, 6) is 1.30. The number of carbonyl (C=O) groups excluding carboxylic acids is 1. The Morgan fingerprint density at radius 1 is 1.21 bits per heavy atom. The summed E-state index contributed by atoms with van der Waals surface area (Å²) in [6.07, 6.45) is 2.28. The van der Waals surface area contributed by atoms with Crippen molar-refractivity contribution in [1.82, 2.24) is 14.8 Å². The van der Waals surface area contributed by atoms with Gasteiger partial charge < -0.3 is 9.88 Å². The standard InChI is InChI=1S/C21H20Cl2N4OS/c1-13(20(28)24-18-11-16(22)9-10-17(18)23)29-21-26-25-19(15-7-8-15)27(21)12-14-5-3-2-4-6-14/h2-6,9-11,13,15H,7-8,12H2,1H3,(H,24,28). The smallest absolute Gasteiger partial charge is 0.237 e. The van der Waals surface area contributed by atoms with Gasteiger partial charge in [0.05, 0.1) is 22.5 Å². The number of rotatable bonds is 7. The van der Waals surface area contributed by atoms with Gasteiger partial charge in [0.15, 0.2) is 5.16 Å². The number of aromatic nitrogens is 3. The molecule has 1 amide bonds. The van der Waals surface area contributed by atoms with E-state index in [0.717, 1.165) is 23.8 Å². The molecular weight excluding hydrogens is 427 g/mol. The van der Waals surface area contributed by atoms with Gasteiger partial charge in [-0.1, -0.05) is 65.3 Å². The van der Waals surface area contributed by atoms with Crippen LogP contribution in [0.5, 0.6) is 0 Å². The van der Waals surface area contributed by atoms with Crippen molar-refractivity contribution in [2.75, 3.05) is 5.32 Å². The topological polar surface area (TPSA) is 59.8 Å². The first-order chi connectivity index (χ1) is 14.0. The highest BCUT2D eigenvalue weighted by atomic mass is 35.5. The number of hydrogen-bond donors (Lipinski definition) is 1. The molecule has 0 spiro atoms. The van der Waals surface area contributed by atoms with Gasteiger partial charge in [-0.2, -0.15) is 0 Å². The Hall–Kier alpha value is -2.02. The van der Waals surface area contributed by atoms with E-state index in [1.165, 1.54) is 17.3 Å². The van der Waals surface area contributed by atoms with Crippen LogP contribution in [0.4, 0.5) is 5.69 Å². The number of halogens is 2. The second-order valence-corrected chi connectivity index (χ2v) is 9.21.